The predicted octanol–water partition coefficient (Wildman–Crippen LogP) is 3.15. The van der Waals surface area contributed by atoms with E-state index in [1.165, 1.54) is 6.92 Å². The standard InChI is InChI=1S/C22H23NO6/c1-15(24)28-19-9-7-17(8-10-19)22(13-11-16(12-14-22)20(25)23-27)21(26)29-18-5-3-2-4-6-18/h2-10,16,27H,11-14H2,1H3,(H,23,25). The van der Waals surface area contributed by atoms with Crippen molar-refractivity contribution in [2.45, 2.75) is 38.0 Å². The molecule has 7 heteroatoms. The maximum atomic E-state index is 13.2. The molecule has 29 heavy (non-hydrogen) atoms. The lowest BCUT2D eigenvalue weighted by atomic mass is 9.66. The van der Waals surface area contributed by atoms with Gasteiger partial charge in [0.1, 0.15) is 11.5 Å². The van der Waals surface area contributed by atoms with Gasteiger partial charge in [0.15, 0.2) is 0 Å². The van der Waals surface area contributed by atoms with Crippen LogP contribution in [0.5, 0.6) is 11.5 Å². The third-order valence-electron chi connectivity index (χ3n) is 5.33. The second-order valence-corrected chi connectivity index (χ2v) is 7.15. The molecule has 2 aromatic carbocycles. The van der Waals surface area contributed by atoms with Crippen molar-refractivity contribution >= 4 is 17.8 Å². The molecule has 0 aromatic heterocycles. The van der Waals surface area contributed by atoms with Crippen LogP contribution in [0.15, 0.2) is 54.6 Å². The number of para-hydroxylation sites is 1. The van der Waals surface area contributed by atoms with E-state index in [-0.39, 0.29) is 5.92 Å². The van der Waals surface area contributed by atoms with Gasteiger partial charge >= 0.3 is 11.9 Å². The molecule has 2 aromatic rings. The van der Waals surface area contributed by atoms with Gasteiger partial charge in [0, 0.05) is 12.8 Å². The summed E-state index contributed by atoms with van der Waals surface area (Å²) in [5, 5.41) is 8.91. The molecule has 0 spiro atoms. The zero-order chi connectivity index (χ0) is 20.9. The fourth-order valence-electron chi connectivity index (χ4n) is 3.78. The molecule has 1 aliphatic rings. The summed E-state index contributed by atoms with van der Waals surface area (Å²) in [7, 11) is 0. The summed E-state index contributed by atoms with van der Waals surface area (Å²) >= 11 is 0. The lowest BCUT2D eigenvalue weighted by Crippen LogP contribution is -2.44. The Morgan fingerprint density at radius 3 is 2.07 bits per heavy atom. The Labute approximate surface area is 168 Å². The molecule has 3 rings (SSSR count). The summed E-state index contributed by atoms with van der Waals surface area (Å²) in [5.74, 6) is -0.790. The van der Waals surface area contributed by atoms with E-state index in [9.17, 15) is 14.4 Å². The van der Waals surface area contributed by atoms with Crippen molar-refractivity contribution in [3.05, 3.63) is 60.2 Å². The highest BCUT2D eigenvalue weighted by Crippen LogP contribution is 2.43. The number of amides is 1. The van der Waals surface area contributed by atoms with Crippen LogP contribution in [-0.2, 0) is 19.8 Å². The van der Waals surface area contributed by atoms with Gasteiger partial charge in [-0.15, -0.1) is 0 Å². The normalized spacial score (nSPS) is 21.1. The number of hydrogen-bond acceptors (Lipinski definition) is 6. The van der Waals surface area contributed by atoms with Gasteiger partial charge in [-0.1, -0.05) is 30.3 Å². The molecule has 0 aliphatic heterocycles. The molecule has 1 fully saturated rings. The van der Waals surface area contributed by atoms with Gasteiger partial charge in [-0.25, -0.2) is 5.48 Å². The highest BCUT2D eigenvalue weighted by Gasteiger charge is 2.46. The van der Waals surface area contributed by atoms with E-state index in [4.69, 9.17) is 14.7 Å². The highest BCUT2D eigenvalue weighted by atomic mass is 16.5. The number of ether oxygens (including phenoxy) is 2. The Morgan fingerprint density at radius 2 is 1.52 bits per heavy atom. The molecule has 0 unspecified atom stereocenters. The van der Waals surface area contributed by atoms with Crippen molar-refractivity contribution in [3.8, 4) is 11.5 Å². The van der Waals surface area contributed by atoms with Crippen molar-refractivity contribution in [3.63, 3.8) is 0 Å². The predicted molar refractivity (Wildman–Crippen MR) is 103 cm³/mol. The topological polar surface area (TPSA) is 102 Å². The summed E-state index contributed by atoms with van der Waals surface area (Å²) in [6.07, 6.45) is 1.65. The van der Waals surface area contributed by atoms with E-state index in [2.05, 4.69) is 0 Å². The molecule has 0 radical (unpaired) electrons. The number of carbonyl (C=O) groups is 3. The van der Waals surface area contributed by atoms with E-state index < -0.39 is 23.3 Å². The molecule has 0 saturated heterocycles. The van der Waals surface area contributed by atoms with Crippen molar-refractivity contribution < 1.29 is 29.1 Å². The third kappa shape index (κ3) is 4.63. The smallest absolute Gasteiger partial charge is 0.321 e. The van der Waals surface area contributed by atoms with Crippen molar-refractivity contribution in [1.82, 2.24) is 5.48 Å². The lowest BCUT2D eigenvalue weighted by Gasteiger charge is -2.37. The first-order chi connectivity index (χ1) is 13.9. The molecule has 0 heterocycles. The first-order valence-corrected chi connectivity index (χ1v) is 9.45. The summed E-state index contributed by atoms with van der Waals surface area (Å²) in [5.41, 5.74) is 1.49. The number of hydrogen-bond donors (Lipinski definition) is 2. The molecule has 0 bridgehead atoms. The van der Waals surface area contributed by atoms with E-state index in [1.807, 2.05) is 6.07 Å². The molecule has 0 atom stereocenters. The zero-order valence-electron chi connectivity index (χ0n) is 16.1. The average molecular weight is 397 g/mol. The fraction of sp³-hybridized carbons (Fsp3) is 0.318. The van der Waals surface area contributed by atoms with Crippen LogP contribution in [0.2, 0.25) is 0 Å². The number of nitrogens with one attached hydrogen (secondary N) is 1. The van der Waals surface area contributed by atoms with Crippen LogP contribution >= 0.6 is 0 Å². The first-order valence-electron chi connectivity index (χ1n) is 9.45. The van der Waals surface area contributed by atoms with Crippen LogP contribution in [0, 0.1) is 5.92 Å². The van der Waals surface area contributed by atoms with Crippen molar-refractivity contribution in [2.24, 2.45) is 5.92 Å². The number of hydroxylamine groups is 1. The first kappa shape index (κ1) is 20.5. The van der Waals surface area contributed by atoms with Crippen LogP contribution in [0.1, 0.15) is 38.2 Å². The van der Waals surface area contributed by atoms with Crippen LogP contribution in [0.3, 0.4) is 0 Å². The number of benzene rings is 2. The number of rotatable bonds is 5. The Hall–Kier alpha value is -3.19. The van der Waals surface area contributed by atoms with Crippen LogP contribution in [0.25, 0.3) is 0 Å². The minimum atomic E-state index is -0.934. The van der Waals surface area contributed by atoms with E-state index >= 15 is 0 Å². The maximum Gasteiger partial charge on any atom is 0.321 e. The summed E-state index contributed by atoms with van der Waals surface area (Å²) in [6, 6.07) is 15.6. The minimum Gasteiger partial charge on any atom is -0.427 e. The second-order valence-electron chi connectivity index (χ2n) is 7.15. The Bertz CT molecular complexity index is 870. The van der Waals surface area contributed by atoms with E-state index in [0.717, 1.165) is 5.56 Å². The summed E-state index contributed by atoms with van der Waals surface area (Å²) in [6.45, 7) is 1.32. The van der Waals surface area contributed by atoms with Crippen LogP contribution in [0.4, 0.5) is 0 Å². The van der Waals surface area contributed by atoms with Gasteiger partial charge in [-0.2, -0.15) is 0 Å². The average Bonchev–Trinajstić information content (AvgIpc) is 2.74. The van der Waals surface area contributed by atoms with Crippen molar-refractivity contribution in [2.75, 3.05) is 0 Å². The quantitative estimate of drug-likeness (QED) is 0.348. The van der Waals surface area contributed by atoms with Crippen LogP contribution in [-0.4, -0.2) is 23.1 Å². The lowest BCUT2D eigenvalue weighted by molar-refractivity contribution is -0.145. The van der Waals surface area contributed by atoms with Gasteiger partial charge in [0.2, 0.25) is 5.91 Å². The summed E-state index contributed by atoms with van der Waals surface area (Å²) in [4.78, 5) is 36.2. The Kier molecular flexibility index (Phi) is 6.29. The van der Waals surface area contributed by atoms with Gasteiger partial charge in [-0.05, 0) is 55.5 Å². The highest BCUT2D eigenvalue weighted by molar-refractivity contribution is 5.86. The second kappa shape index (κ2) is 8.87. The molecule has 1 saturated carbocycles. The molecule has 1 aliphatic carbocycles. The Morgan fingerprint density at radius 1 is 0.931 bits per heavy atom. The van der Waals surface area contributed by atoms with Crippen molar-refractivity contribution in [1.29, 1.82) is 0 Å². The van der Waals surface area contributed by atoms with Gasteiger partial charge < -0.3 is 9.47 Å². The molecular weight excluding hydrogens is 374 g/mol. The minimum absolute atomic E-state index is 0.363. The van der Waals surface area contributed by atoms with E-state index in [1.54, 1.807) is 54.0 Å². The van der Waals surface area contributed by atoms with Gasteiger partial charge in [0.05, 0.1) is 5.41 Å². The molecule has 1 amide bonds. The molecular formula is C22H23NO6. The van der Waals surface area contributed by atoms with Gasteiger partial charge in [0.25, 0.3) is 0 Å². The maximum absolute atomic E-state index is 13.2. The fourth-order valence-corrected chi connectivity index (χ4v) is 3.78. The summed E-state index contributed by atoms with van der Waals surface area (Å²) < 4.78 is 10.7. The number of esters is 2. The van der Waals surface area contributed by atoms with Gasteiger partial charge in [-0.3, -0.25) is 19.6 Å². The largest absolute Gasteiger partial charge is 0.427 e. The third-order valence-corrected chi connectivity index (χ3v) is 5.33. The molecule has 2 N–H and O–H groups in total. The zero-order valence-corrected chi connectivity index (χ0v) is 16.1. The monoisotopic (exact) mass is 397 g/mol. The van der Waals surface area contributed by atoms with E-state index in [0.29, 0.717) is 37.2 Å². The van der Waals surface area contributed by atoms with Crippen LogP contribution < -0.4 is 15.0 Å². The Balaban J connectivity index is 1.88. The SMILES string of the molecule is CC(=O)Oc1ccc(C2(C(=O)Oc3ccccc3)CCC(C(=O)NO)CC2)cc1. The molecule has 7 nitrogen and oxygen atoms in total. The molecule has 152 valence electrons. The number of carbonyl (C=O) groups excluding carboxylic acids is 3.